The molecule has 0 aromatic heterocycles. The molecule has 8 N–H and O–H groups in total. The molecule has 0 spiro atoms. The third-order valence-electron chi connectivity index (χ3n) is 6.61. The molecule has 3 amide bonds. The lowest BCUT2D eigenvalue weighted by atomic mass is 9.86. The van der Waals surface area contributed by atoms with Crippen LogP contribution in [0, 0.1) is 0 Å². The van der Waals surface area contributed by atoms with Crippen molar-refractivity contribution in [1.29, 1.82) is 0 Å². The number of phenols is 1. The summed E-state index contributed by atoms with van der Waals surface area (Å²) in [6.45, 7) is -0.673. The molecule has 0 saturated carbocycles. The number of ether oxygens (including phenoxy) is 3. The zero-order valence-corrected chi connectivity index (χ0v) is 20.6. The molecule has 0 bridgehead atoms. The number of aliphatic hydroxyl groups excluding tert-OH is 4. The minimum atomic E-state index is -1.83. The third kappa shape index (κ3) is 4.78. The Hall–Kier alpha value is -4.69. The van der Waals surface area contributed by atoms with Crippen LogP contribution in [0.4, 0.5) is 9.59 Å². The van der Waals surface area contributed by atoms with Gasteiger partial charge in [-0.1, -0.05) is 36.4 Å². The van der Waals surface area contributed by atoms with Crippen molar-refractivity contribution in [3.05, 3.63) is 65.4 Å². The van der Waals surface area contributed by atoms with Gasteiger partial charge in [-0.25, -0.2) is 14.9 Å². The highest BCUT2D eigenvalue weighted by molar-refractivity contribution is 6.24. The van der Waals surface area contributed by atoms with Crippen molar-refractivity contribution in [2.75, 3.05) is 6.61 Å². The summed E-state index contributed by atoms with van der Waals surface area (Å²) in [5, 5.41) is 54.9. The van der Waals surface area contributed by atoms with Gasteiger partial charge >= 0.3 is 12.1 Å². The molecule has 1 heterocycles. The van der Waals surface area contributed by atoms with E-state index in [1.165, 1.54) is 18.2 Å². The summed E-state index contributed by atoms with van der Waals surface area (Å²) in [6.07, 6.45) is -8.56. The molecule has 13 nitrogen and oxygen atoms in total. The number of amides is 3. The van der Waals surface area contributed by atoms with E-state index < -0.39 is 66.7 Å². The maximum absolute atomic E-state index is 12.8. The number of primary amides is 1. The number of imide groups is 1. The van der Waals surface area contributed by atoms with Crippen LogP contribution in [0.5, 0.6) is 11.5 Å². The van der Waals surface area contributed by atoms with Crippen LogP contribution in [0.25, 0.3) is 28.0 Å². The number of carbonyl (C=O) groups is 3. The number of benzene rings is 3. The Bertz CT molecular complexity index is 1540. The molecule has 5 atom stereocenters. The van der Waals surface area contributed by atoms with E-state index in [1.807, 2.05) is 0 Å². The number of aliphatic hydroxyl groups is 4. The topological polar surface area (TPSA) is 218 Å². The van der Waals surface area contributed by atoms with Crippen LogP contribution in [0.1, 0.15) is 15.9 Å². The maximum Gasteiger partial charge on any atom is 0.415 e. The van der Waals surface area contributed by atoms with Crippen molar-refractivity contribution >= 4 is 34.8 Å². The van der Waals surface area contributed by atoms with E-state index in [0.29, 0.717) is 22.1 Å². The van der Waals surface area contributed by atoms with Crippen LogP contribution in [-0.2, 0) is 9.47 Å². The number of Topliss-reactive ketones (excluding diaryl/α,β-unsaturated/α-hetero) is 1. The minimum Gasteiger partial charge on any atom is -0.504 e. The van der Waals surface area contributed by atoms with Gasteiger partial charge in [0.2, 0.25) is 12.1 Å². The van der Waals surface area contributed by atoms with Gasteiger partial charge in [0.05, 0.1) is 0 Å². The number of nitrogens with one attached hydrogen (secondary N) is 1. The van der Waals surface area contributed by atoms with Crippen molar-refractivity contribution in [3.63, 3.8) is 0 Å². The van der Waals surface area contributed by atoms with Gasteiger partial charge in [-0.3, -0.25) is 4.79 Å². The molecule has 1 saturated heterocycles. The number of phenolic OH excluding ortho intramolecular Hbond substituents is 1. The lowest BCUT2D eigenvalue weighted by Gasteiger charge is -2.40. The standard InChI is InChI=1S/C27H24N2O11/c28-26(36)29-27(37)38-10-17-21(33)22(34)23(35)25(39-17)40-24-16(31)9-12-8-15(30)20(32)14-7-6-13(19(24)18(12)14)11-4-2-1-3-5-11/h1-9,17,21-23,25,30-31,33-35H,10H2,(H3,28,29,36,37). The lowest BCUT2D eigenvalue weighted by molar-refractivity contribution is -0.277. The normalized spacial score (nSPS) is 23.8. The first-order valence-corrected chi connectivity index (χ1v) is 12.0. The smallest absolute Gasteiger partial charge is 0.415 e. The van der Waals surface area contributed by atoms with E-state index in [0.717, 1.165) is 0 Å². The molecule has 2 aliphatic rings. The highest BCUT2D eigenvalue weighted by Crippen LogP contribution is 2.47. The Labute approximate surface area is 225 Å². The zero-order chi connectivity index (χ0) is 28.7. The number of urea groups is 1. The van der Waals surface area contributed by atoms with Crippen molar-refractivity contribution < 1.29 is 54.1 Å². The van der Waals surface area contributed by atoms with E-state index in [1.54, 1.807) is 41.7 Å². The highest BCUT2D eigenvalue weighted by atomic mass is 16.7. The first-order chi connectivity index (χ1) is 19.1. The number of hydrogen-bond acceptors (Lipinski definition) is 11. The number of rotatable bonds is 5. The molecule has 40 heavy (non-hydrogen) atoms. The minimum absolute atomic E-state index is 0.141. The SMILES string of the molecule is NC(=O)NC(=O)OCC1OC(Oc2c(O)cc3c4c(ccc(-c5ccccc5)c24)C(=O)C(O)=C3)C(O)C(O)C1O. The fraction of sp³-hybridized carbons (Fsp3) is 0.222. The predicted molar refractivity (Wildman–Crippen MR) is 137 cm³/mol. The number of alkyl carbamates (subject to hydrolysis) is 1. The summed E-state index contributed by atoms with van der Waals surface area (Å²) in [4.78, 5) is 35.2. The Morgan fingerprint density at radius 2 is 1.65 bits per heavy atom. The fourth-order valence-electron chi connectivity index (χ4n) is 4.75. The fourth-order valence-corrected chi connectivity index (χ4v) is 4.75. The van der Waals surface area contributed by atoms with Gasteiger partial charge < -0.3 is 45.5 Å². The van der Waals surface area contributed by atoms with E-state index in [-0.39, 0.29) is 16.7 Å². The molecule has 3 aromatic rings. The Morgan fingerprint density at radius 1 is 0.950 bits per heavy atom. The van der Waals surface area contributed by atoms with Gasteiger partial charge in [0.1, 0.15) is 31.0 Å². The molecular weight excluding hydrogens is 528 g/mol. The molecule has 0 radical (unpaired) electrons. The summed E-state index contributed by atoms with van der Waals surface area (Å²) in [6, 6.07) is 12.2. The van der Waals surface area contributed by atoms with E-state index >= 15 is 0 Å². The van der Waals surface area contributed by atoms with Gasteiger partial charge in [0, 0.05) is 16.3 Å². The van der Waals surface area contributed by atoms with Gasteiger partial charge in [-0.2, -0.15) is 0 Å². The Morgan fingerprint density at radius 3 is 2.35 bits per heavy atom. The van der Waals surface area contributed by atoms with Gasteiger partial charge in [-0.15, -0.1) is 0 Å². The summed E-state index contributed by atoms with van der Waals surface area (Å²) in [5.41, 5.74) is 6.55. The highest BCUT2D eigenvalue weighted by Gasteiger charge is 2.46. The first kappa shape index (κ1) is 26.9. The summed E-state index contributed by atoms with van der Waals surface area (Å²) in [7, 11) is 0. The molecule has 13 heteroatoms. The van der Waals surface area contributed by atoms with Crippen LogP contribution in [0.2, 0.25) is 0 Å². The number of ketones is 1. The molecule has 1 aliphatic carbocycles. The second-order valence-electron chi connectivity index (χ2n) is 9.17. The van der Waals surface area contributed by atoms with Crippen LogP contribution in [0.15, 0.2) is 54.3 Å². The third-order valence-corrected chi connectivity index (χ3v) is 6.61. The second kappa shape index (κ2) is 10.5. The number of hydrogen-bond donors (Lipinski definition) is 7. The Kier molecular flexibility index (Phi) is 7.04. The van der Waals surface area contributed by atoms with Crippen molar-refractivity contribution in [1.82, 2.24) is 5.32 Å². The summed E-state index contributed by atoms with van der Waals surface area (Å²) in [5.74, 6) is -1.82. The van der Waals surface area contributed by atoms with Gasteiger partial charge in [0.15, 0.2) is 17.3 Å². The number of carbonyl (C=O) groups excluding carboxylic acids is 3. The molecule has 208 valence electrons. The van der Waals surface area contributed by atoms with Crippen LogP contribution >= 0.6 is 0 Å². The molecule has 5 unspecified atom stereocenters. The van der Waals surface area contributed by atoms with E-state index in [4.69, 9.17) is 19.9 Å². The van der Waals surface area contributed by atoms with Gasteiger partial charge in [-0.05, 0) is 34.9 Å². The first-order valence-electron chi connectivity index (χ1n) is 12.0. The molecule has 1 fully saturated rings. The predicted octanol–water partition coefficient (Wildman–Crippen LogP) is 1.30. The van der Waals surface area contributed by atoms with E-state index in [9.17, 15) is 39.9 Å². The largest absolute Gasteiger partial charge is 0.504 e. The number of allylic oxidation sites excluding steroid dienone is 1. The van der Waals surface area contributed by atoms with E-state index in [2.05, 4.69) is 0 Å². The Balaban J connectivity index is 1.58. The lowest BCUT2D eigenvalue weighted by Crippen LogP contribution is -2.60. The second-order valence-corrected chi connectivity index (χ2v) is 9.17. The average Bonchev–Trinajstić information content (AvgIpc) is 2.92. The van der Waals surface area contributed by atoms with Crippen LogP contribution in [-0.4, -0.2) is 80.8 Å². The molecular formula is C27H24N2O11. The summed E-state index contributed by atoms with van der Waals surface area (Å²) < 4.78 is 16.3. The number of aromatic hydroxyl groups is 1. The van der Waals surface area contributed by atoms with Crippen molar-refractivity contribution in [2.24, 2.45) is 5.73 Å². The zero-order valence-electron chi connectivity index (χ0n) is 20.6. The van der Waals surface area contributed by atoms with Crippen molar-refractivity contribution in [2.45, 2.75) is 30.7 Å². The van der Waals surface area contributed by atoms with Crippen LogP contribution in [0.3, 0.4) is 0 Å². The van der Waals surface area contributed by atoms with Crippen molar-refractivity contribution in [3.8, 4) is 22.6 Å². The number of nitrogens with two attached hydrogens (primary N) is 1. The molecule has 5 rings (SSSR count). The quantitative estimate of drug-likeness (QED) is 0.239. The van der Waals surface area contributed by atoms with Gasteiger partial charge in [0.25, 0.3) is 0 Å². The maximum atomic E-state index is 12.8. The molecule has 3 aromatic carbocycles. The molecule has 1 aliphatic heterocycles. The average molecular weight is 552 g/mol. The summed E-state index contributed by atoms with van der Waals surface area (Å²) >= 11 is 0. The van der Waals surface area contributed by atoms with Crippen LogP contribution < -0.4 is 15.8 Å². The monoisotopic (exact) mass is 552 g/mol.